The minimum absolute atomic E-state index is 0.000369. The zero-order chi connectivity index (χ0) is 20.6. The number of carbonyl (C=O) groups is 2. The summed E-state index contributed by atoms with van der Waals surface area (Å²) >= 11 is 0. The highest BCUT2D eigenvalue weighted by Crippen LogP contribution is 2.27. The molecule has 1 unspecified atom stereocenters. The number of amides is 2. The molecule has 2 aromatic rings. The van der Waals surface area contributed by atoms with Gasteiger partial charge in [-0.2, -0.15) is 0 Å². The van der Waals surface area contributed by atoms with Gasteiger partial charge in [0, 0.05) is 30.1 Å². The Labute approximate surface area is 172 Å². The monoisotopic (exact) mass is 394 g/mol. The summed E-state index contributed by atoms with van der Waals surface area (Å²) in [5.74, 6) is 1.19. The van der Waals surface area contributed by atoms with Crippen LogP contribution in [0.3, 0.4) is 0 Å². The van der Waals surface area contributed by atoms with E-state index in [0.29, 0.717) is 38.3 Å². The van der Waals surface area contributed by atoms with Gasteiger partial charge in [0.2, 0.25) is 11.8 Å². The molecule has 1 heterocycles. The summed E-state index contributed by atoms with van der Waals surface area (Å²) in [6.45, 7) is 5.43. The number of para-hydroxylation sites is 2. The van der Waals surface area contributed by atoms with Crippen molar-refractivity contribution in [1.29, 1.82) is 0 Å². The van der Waals surface area contributed by atoms with Crippen LogP contribution in [0.4, 0.5) is 5.69 Å². The highest BCUT2D eigenvalue weighted by atomic mass is 16.5. The van der Waals surface area contributed by atoms with Crippen molar-refractivity contribution < 1.29 is 14.3 Å². The molecule has 154 valence electrons. The minimum Gasteiger partial charge on any atom is -0.493 e. The lowest BCUT2D eigenvalue weighted by Gasteiger charge is -2.24. The average Bonchev–Trinajstić information content (AvgIpc) is 2.71. The van der Waals surface area contributed by atoms with E-state index < -0.39 is 0 Å². The minimum atomic E-state index is -0.165. The quantitative estimate of drug-likeness (QED) is 0.666. The fraction of sp³-hybridized carbons (Fsp3) is 0.417. The molecule has 3 rings (SSSR count). The summed E-state index contributed by atoms with van der Waals surface area (Å²) in [7, 11) is 0. The van der Waals surface area contributed by atoms with E-state index in [1.54, 1.807) is 0 Å². The van der Waals surface area contributed by atoms with Gasteiger partial charge in [0.15, 0.2) is 0 Å². The number of fused-ring (bicyclic) bond motifs is 1. The van der Waals surface area contributed by atoms with Gasteiger partial charge in [-0.3, -0.25) is 9.59 Å². The lowest BCUT2D eigenvalue weighted by Crippen LogP contribution is -2.31. The van der Waals surface area contributed by atoms with Gasteiger partial charge in [-0.15, -0.1) is 0 Å². The molecule has 0 saturated heterocycles. The van der Waals surface area contributed by atoms with Gasteiger partial charge < -0.3 is 15.4 Å². The van der Waals surface area contributed by atoms with Crippen molar-refractivity contribution >= 4 is 17.5 Å². The first-order valence-electron chi connectivity index (χ1n) is 10.4. The van der Waals surface area contributed by atoms with Crippen LogP contribution in [0.2, 0.25) is 0 Å². The topological polar surface area (TPSA) is 67.4 Å². The first-order chi connectivity index (χ1) is 14.0. The maximum Gasteiger partial charge on any atom is 0.227 e. The Bertz CT molecular complexity index is 848. The predicted octanol–water partition coefficient (Wildman–Crippen LogP) is 4.32. The smallest absolute Gasteiger partial charge is 0.227 e. The molecule has 0 aliphatic carbocycles. The molecule has 5 heteroatoms. The first kappa shape index (κ1) is 20.9. The first-order valence-corrected chi connectivity index (χ1v) is 10.4. The third-order valence-electron chi connectivity index (χ3n) is 5.23. The van der Waals surface area contributed by atoms with Crippen LogP contribution in [0.25, 0.3) is 0 Å². The average molecular weight is 395 g/mol. The zero-order valence-corrected chi connectivity index (χ0v) is 17.2. The third kappa shape index (κ3) is 6.08. The van der Waals surface area contributed by atoms with Crippen LogP contribution in [-0.2, 0) is 22.6 Å². The molecule has 0 bridgehead atoms. The third-order valence-corrected chi connectivity index (χ3v) is 5.23. The highest BCUT2D eigenvalue weighted by molar-refractivity contribution is 5.96. The van der Waals surface area contributed by atoms with Crippen LogP contribution < -0.4 is 15.4 Å². The number of carbonyl (C=O) groups excluding carboxylic acids is 2. The summed E-state index contributed by atoms with van der Waals surface area (Å²) in [5.41, 5.74) is 2.98. The molecule has 2 amide bonds. The Hall–Kier alpha value is -2.82. The summed E-state index contributed by atoms with van der Waals surface area (Å²) in [6, 6.07) is 15.6. The van der Waals surface area contributed by atoms with E-state index in [9.17, 15) is 9.59 Å². The van der Waals surface area contributed by atoms with E-state index in [1.165, 1.54) is 0 Å². The molecule has 2 N–H and O–H groups in total. The van der Waals surface area contributed by atoms with E-state index in [0.717, 1.165) is 29.0 Å². The van der Waals surface area contributed by atoms with Crippen LogP contribution >= 0.6 is 0 Å². The van der Waals surface area contributed by atoms with Crippen LogP contribution in [0, 0.1) is 11.8 Å². The van der Waals surface area contributed by atoms with Crippen LogP contribution in [0.1, 0.15) is 44.2 Å². The molecule has 0 radical (unpaired) electrons. The molecular weight excluding hydrogens is 364 g/mol. The van der Waals surface area contributed by atoms with Gasteiger partial charge in [0.1, 0.15) is 5.75 Å². The lowest BCUT2D eigenvalue weighted by molar-refractivity contribution is -0.122. The number of anilines is 1. The van der Waals surface area contributed by atoms with Gasteiger partial charge in [-0.1, -0.05) is 50.2 Å². The summed E-state index contributed by atoms with van der Waals surface area (Å²) < 4.78 is 5.88. The van der Waals surface area contributed by atoms with E-state index in [2.05, 4.69) is 24.5 Å². The van der Waals surface area contributed by atoms with Gasteiger partial charge >= 0.3 is 0 Å². The van der Waals surface area contributed by atoms with Crippen molar-refractivity contribution in [2.24, 2.45) is 11.8 Å². The van der Waals surface area contributed by atoms with Crippen LogP contribution in [0.15, 0.2) is 48.5 Å². The fourth-order valence-corrected chi connectivity index (χ4v) is 3.43. The van der Waals surface area contributed by atoms with Crippen molar-refractivity contribution in [3.8, 4) is 5.75 Å². The highest BCUT2D eigenvalue weighted by Gasteiger charge is 2.26. The molecule has 1 atom stereocenters. The Kier molecular flexibility index (Phi) is 7.28. The molecule has 0 saturated carbocycles. The number of ether oxygens (including phenoxy) is 1. The number of hydrogen-bond acceptors (Lipinski definition) is 3. The number of hydrogen-bond donors (Lipinski definition) is 2. The SMILES string of the molecule is CC(C)CCOc1ccccc1CNC(=O)CCC1Cc2ccccc2NC1=O. The zero-order valence-electron chi connectivity index (χ0n) is 17.2. The molecular formula is C24H30N2O3. The van der Waals surface area contributed by atoms with E-state index in [1.807, 2.05) is 48.5 Å². The predicted molar refractivity (Wildman–Crippen MR) is 115 cm³/mol. The second-order valence-corrected chi connectivity index (χ2v) is 8.00. The maximum atomic E-state index is 12.3. The van der Waals surface area contributed by atoms with Crippen molar-refractivity contribution in [1.82, 2.24) is 5.32 Å². The Morgan fingerprint density at radius 3 is 2.76 bits per heavy atom. The summed E-state index contributed by atoms with van der Waals surface area (Å²) in [5, 5.41) is 5.90. The Morgan fingerprint density at radius 1 is 1.17 bits per heavy atom. The summed E-state index contributed by atoms with van der Waals surface area (Å²) in [4.78, 5) is 24.6. The Morgan fingerprint density at radius 2 is 1.93 bits per heavy atom. The fourth-order valence-electron chi connectivity index (χ4n) is 3.43. The number of rotatable bonds is 9. The normalized spacial score (nSPS) is 15.6. The van der Waals surface area contributed by atoms with Gasteiger partial charge in [-0.05, 0) is 42.9 Å². The van der Waals surface area contributed by atoms with Crippen molar-refractivity contribution in [3.63, 3.8) is 0 Å². The number of nitrogens with one attached hydrogen (secondary N) is 2. The molecule has 1 aliphatic heterocycles. The largest absolute Gasteiger partial charge is 0.493 e. The molecule has 0 fully saturated rings. The molecule has 5 nitrogen and oxygen atoms in total. The van der Waals surface area contributed by atoms with Crippen LogP contribution in [0.5, 0.6) is 5.75 Å². The molecule has 29 heavy (non-hydrogen) atoms. The molecule has 2 aromatic carbocycles. The van der Waals surface area contributed by atoms with E-state index in [-0.39, 0.29) is 17.7 Å². The van der Waals surface area contributed by atoms with Crippen molar-refractivity contribution in [2.45, 2.75) is 46.1 Å². The lowest BCUT2D eigenvalue weighted by atomic mass is 9.89. The molecule has 0 spiro atoms. The second-order valence-electron chi connectivity index (χ2n) is 8.00. The van der Waals surface area contributed by atoms with E-state index in [4.69, 9.17) is 4.74 Å². The summed E-state index contributed by atoms with van der Waals surface area (Å²) in [6.07, 6.45) is 2.55. The molecule has 0 aromatic heterocycles. The van der Waals surface area contributed by atoms with Gasteiger partial charge in [-0.25, -0.2) is 0 Å². The van der Waals surface area contributed by atoms with Crippen molar-refractivity contribution in [2.75, 3.05) is 11.9 Å². The maximum absolute atomic E-state index is 12.3. The second kappa shape index (κ2) is 10.1. The Balaban J connectivity index is 1.47. The van der Waals surface area contributed by atoms with Gasteiger partial charge in [0.05, 0.1) is 6.61 Å². The van der Waals surface area contributed by atoms with E-state index >= 15 is 0 Å². The standard InChI is InChI=1S/C24H30N2O3/c1-17(2)13-14-29-22-10-6-4-8-20(22)16-25-23(27)12-11-19-15-18-7-3-5-9-21(18)26-24(19)28/h3-10,17,19H,11-16H2,1-2H3,(H,25,27)(H,26,28). The van der Waals surface area contributed by atoms with Crippen molar-refractivity contribution in [3.05, 3.63) is 59.7 Å². The van der Waals surface area contributed by atoms with Crippen LogP contribution in [-0.4, -0.2) is 18.4 Å². The number of benzene rings is 2. The molecule has 1 aliphatic rings. The van der Waals surface area contributed by atoms with Gasteiger partial charge in [0.25, 0.3) is 0 Å².